The van der Waals surface area contributed by atoms with Crippen LogP contribution in [-0.4, -0.2) is 20.9 Å². The number of nitrogens with one attached hydrogen (secondary N) is 1. The van der Waals surface area contributed by atoms with E-state index in [1.165, 1.54) is 5.56 Å². The van der Waals surface area contributed by atoms with Crippen LogP contribution in [-0.2, 0) is 0 Å². The molecule has 1 heterocycles. The maximum atomic E-state index is 4.52. The Morgan fingerprint density at radius 1 is 1.14 bits per heavy atom. The molecule has 0 spiro atoms. The highest BCUT2D eigenvalue weighted by atomic mass is 32.2. The minimum Gasteiger partial charge on any atom is -0.362 e. The fourth-order valence-corrected chi connectivity index (χ4v) is 2.30. The molecule has 0 saturated heterocycles. The summed E-state index contributed by atoms with van der Waals surface area (Å²) < 4.78 is 0. The summed E-state index contributed by atoms with van der Waals surface area (Å²) in [6.45, 7) is 6.13. The summed E-state index contributed by atoms with van der Waals surface area (Å²) in [4.78, 5) is 4.52. The third kappa shape index (κ3) is 4.86. The molecule has 0 aliphatic rings. The van der Waals surface area contributed by atoms with Gasteiger partial charge in [0.2, 0.25) is 5.16 Å². The van der Waals surface area contributed by atoms with Gasteiger partial charge >= 0.3 is 0 Å². The minimum absolute atomic E-state index is 0.734. The molecule has 2 aromatic rings. The van der Waals surface area contributed by atoms with Crippen molar-refractivity contribution < 1.29 is 0 Å². The molecule has 0 radical (unpaired) electrons. The van der Waals surface area contributed by atoms with E-state index in [1.54, 1.807) is 11.8 Å². The van der Waals surface area contributed by atoms with Crippen LogP contribution in [0.4, 0.5) is 5.69 Å². The number of thioether (sulfide) groups is 1. The standard InChI is InChI=1S/C16H20N4S/c1-4-11-21-16-18-15(13(3)19-20-16)9-10-17-14-7-5-12(2)6-8-14/h5-10,17H,4,11H2,1-3H3/b10-9+. The average molecular weight is 300 g/mol. The predicted molar refractivity (Wildman–Crippen MR) is 89.4 cm³/mol. The van der Waals surface area contributed by atoms with Crippen LogP contribution in [0.5, 0.6) is 0 Å². The number of nitrogens with zero attached hydrogens (tertiary/aromatic N) is 3. The molecular formula is C16H20N4S. The van der Waals surface area contributed by atoms with Crippen molar-refractivity contribution in [2.24, 2.45) is 0 Å². The molecule has 2 rings (SSSR count). The first kappa shape index (κ1) is 15.5. The van der Waals surface area contributed by atoms with Crippen molar-refractivity contribution in [1.29, 1.82) is 0 Å². The third-order valence-corrected chi connectivity index (χ3v) is 3.89. The van der Waals surface area contributed by atoms with Crippen LogP contribution in [0.3, 0.4) is 0 Å². The fraction of sp³-hybridized carbons (Fsp3) is 0.312. The monoisotopic (exact) mass is 300 g/mol. The summed E-state index contributed by atoms with van der Waals surface area (Å²) in [5, 5.41) is 12.2. The first-order valence-corrected chi connectivity index (χ1v) is 8.01. The Bertz CT molecular complexity index is 608. The molecule has 110 valence electrons. The number of hydrogen-bond acceptors (Lipinski definition) is 5. The Morgan fingerprint density at radius 2 is 1.90 bits per heavy atom. The Morgan fingerprint density at radius 3 is 2.62 bits per heavy atom. The molecule has 5 heteroatoms. The Kier molecular flexibility index (Phi) is 5.75. The molecule has 0 unspecified atom stereocenters. The van der Waals surface area contributed by atoms with Gasteiger partial charge in [-0.05, 0) is 38.5 Å². The predicted octanol–water partition coefficient (Wildman–Crippen LogP) is 4.07. The zero-order valence-corrected chi connectivity index (χ0v) is 13.4. The van der Waals surface area contributed by atoms with E-state index < -0.39 is 0 Å². The topological polar surface area (TPSA) is 50.7 Å². The molecule has 0 fully saturated rings. The van der Waals surface area contributed by atoms with Crippen LogP contribution in [0.2, 0.25) is 0 Å². The van der Waals surface area contributed by atoms with Crippen molar-refractivity contribution in [1.82, 2.24) is 15.2 Å². The summed E-state index contributed by atoms with van der Waals surface area (Å²) in [6.07, 6.45) is 4.91. The highest BCUT2D eigenvalue weighted by Crippen LogP contribution is 2.15. The van der Waals surface area contributed by atoms with Gasteiger partial charge in [0.15, 0.2) is 0 Å². The van der Waals surface area contributed by atoms with Gasteiger partial charge < -0.3 is 5.32 Å². The number of aryl methyl sites for hydroxylation is 2. The average Bonchev–Trinajstić information content (AvgIpc) is 2.50. The quantitative estimate of drug-likeness (QED) is 0.815. The number of anilines is 1. The van der Waals surface area contributed by atoms with Crippen molar-refractivity contribution in [3.05, 3.63) is 47.4 Å². The zero-order chi connectivity index (χ0) is 15.1. The van der Waals surface area contributed by atoms with E-state index >= 15 is 0 Å². The third-order valence-electron chi connectivity index (χ3n) is 2.85. The Hall–Kier alpha value is -1.88. The summed E-state index contributed by atoms with van der Waals surface area (Å²) in [5.41, 5.74) is 3.98. The lowest BCUT2D eigenvalue weighted by Crippen LogP contribution is -1.99. The van der Waals surface area contributed by atoms with E-state index in [-0.39, 0.29) is 0 Å². The summed E-state index contributed by atoms with van der Waals surface area (Å²) in [6, 6.07) is 8.25. The van der Waals surface area contributed by atoms with Gasteiger partial charge in [0, 0.05) is 17.6 Å². The molecule has 0 atom stereocenters. The summed E-state index contributed by atoms with van der Waals surface area (Å²) >= 11 is 1.64. The van der Waals surface area contributed by atoms with Gasteiger partial charge in [-0.2, -0.15) is 5.10 Å². The van der Waals surface area contributed by atoms with Crippen LogP contribution in [0.15, 0.2) is 35.6 Å². The van der Waals surface area contributed by atoms with Crippen LogP contribution >= 0.6 is 11.8 Å². The van der Waals surface area contributed by atoms with Gasteiger partial charge in [-0.1, -0.05) is 36.4 Å². The summed E-state index contributed by atoms with van der Waals surface area (Å²) in [5.74, 6) is 1.01. The minimum atomic E-state index is 0.734. The van der Waals surface area contributed by atoms with E-state index in [0.29, 0.717) is 0 Å². The number of aromatic nitrogens is 3. The van der Waals surface area contributed by atoms with Crippen molar-refractivity contribution >= 4 is 23.5 Å². The molecule has 0 saturated carbocycles. The lowest BCUT2D eigenvalue weighted by Gasteiger charge is -2.03. The molecule has 1 aromatic carbocycles. The lowest BCUT2D eigenvalue weighted by molar-refractivity contribution is 0.805. The first-order chi connectivity index (χ1) is 10.2. The van der Waals surface area contributed by atoms with Crippen molar-refractivity contribution in [3.8, 4) is 0 Å². The van der Waals surface area contributed by atoms with Crippen molar-refractivity contribution in [3.63, 3.8) is 0 Å². The molecule has 1 aromatic heterocycles. The van der Waals surface area contributed by atoms with Crippen molar-refractivity contribution in [2.45, 2.75) is 32.3 Å². The van der Waals surface area contributed by atoms with Gasteiger partial charge in [0.1, 0.15) is 0 Å². The van der Waals surface area contributed by atoms with Gasteiger partial charge in [-0.15, -0.1) is 5.10 Å². The molecule has 0 aliphatic heterocycles. The molecule has 0 aliphatic carbocycles. The van der Waals surface area contributed by atoms with E-state index in [4.69, 9.17) is 0 Å². The molecule has 4 nitrogen and oxygen atoms in total. The molecule has 21 heavy (non-hydrogen) atoms. The zero-order valence-electron chi connectivity index (χ0n) is 12.6. The van der Waals surface area contributed by atoms with Gasteiger partial charge in [-0.3, -0.25) is 0 Å². The molecule has 0 amide bonds. The SMILES string of the molecule is CCCSc1nnc(C)c(/C=C/Nc2ccc(C)cc2)n1. The van der Waals surface area contributed by atoms with Gasteiger partial charge in [-0.25, -0.2) is 4.98 Å². The molecule has 0 bridgehead atoms. The fourth-order valence-electron chi connectivity index (χ4n) is 1.65. The second kappa shape index (κ2) is 7.78. The summed E-state index contributed by atoms with van der Waals surface area (Å²) in [7, 11) is 0. The Balaban J connectivity index is 2.03. The largest absolute Gasteiger partial charge is 0.362 e. The highest BCUT2D eigenvalue weighted by Gasteiger charge is 2.03. The number of rotatable bonds is 6. The Labute approximate surface area is 130 Å². The van der Waals surface area contributed by atoms with Crippen LogP contribution in [0.1, 0.15) is 30.3 Å². The number of benzene rings is 1. The molecule has 1 N–H and O–H groups in total. The highest BCUT2D eigenvalue weighted by molar-refractivity contribution is 7.99. The van der Waals surface area contributed by atoms with Crippen LogP contribution in [0.25, 0.3) is 6.08 Å². The van der Waals surface area contributed by atoms with Crippen molar-refractivity contribution in [2.75, 3.05) is 11.1 Å². The number of hydrogen-bond donors (Lipinski definition) is 1. The van der Waals surface area contributed by atoms with E-state index in [2.05, 4.69) is 46.5 Å². The normalized spacial score (nSPS) is 11.0. The maximum Gasteiger partial charge on any atom is 0.209 e. The van der Waals surface area contributed by atoms with Crippen LogP contribution < -0.4 is 5.32 Å². The van der Waals surface area contributed by atoms with Gasteiger partial charge in [0.25, 0.3) is 0 Å². The molecular weight excluding hydrogens is 280 g/mol. The van der Waals surface area contributed by atoms with E-state index in [1.807, 2.05) is 31.3 Å². The first-order valence-electron chi connectivity index (χ1n) is 7.03. The van der Waals surface area contributed by atoms with Gasteiger partial charge in [0.05, 0.1) is 11.4 Å². The van der Waals surface area contributed by atoms with Crippen LogP contribution in [0, 0.1) is 13.8 Å². The second-order valence-corrected chi connectivity index (χ2v) is 5.82. The smallest absolute Gasteiger partial charge is 0.209 e. The lowest BCUT2D eigenvalue weighted by atomic mass is 10.2. The second-order valence-electron chi connectivity index (χ2n) is 4.76. The maximum absolute atomic E-state index is 4.52. The van der Waals surface area contributed by atoms with E-state index in [9.17, 15) is 0 Å². The van der Waals surface area contributed by atoms with E-state index in [0.717, 1.165) is 34.4 Å².